The number of ether oxygens (including phenoxy) is 2. The number of imidazole rings is 1. The summed E-state index contributed by atoms with van der Waals surface area (Å²) in [7, 11) is 0. The van der Waals surface area contributed by atoms with E-state index in [0.29, 0.717) is 12.2 Å². The Hall–Kier alpha value is -2.97. The van der Waals surface area contributed by atoms with Crippen LogP contribution in [0.15, 0.2) is 30.5 Å². The summed E-state index contributed by atoms with van der Waals surface area (Å²) in [5, 5.41) is 0.805. The molecule has 1 aromatic carbocycles. The number of hydrogen-bond acceptors (Lipinski definition) is 5. The number of carbonyl (C=O) groups is 1. The van der Waals surface area contributed by atoms with Crippen molar-refractivity contribution in [2.24, 2.45) is 0 Å². The van der Waals surface area contributed by atoms with Crippen LogP contribution in [0.4, 0.5) is 0 Å². The number of morpholine rings is 1. The highest BCUT2D eigenvalue weighted by molar-refractivity contribution is 6.00. The van der Waals surface area contributed by atoms with E-state index in [0.717, 1.165) is 85.8 Å². The van der Waals surface area contributed by atoms with E-state index in [2.05, 4.69) is 22.0 Å². The minimum atomic E-state index is -0.254. The van der Waals surface area contributed by atoms with Gasteiger partial charge in [0.1, 0.15) is 29.9 Å². The minimum absolute atomic E-state index is 0.254. The van der Waals surface area contributed by atoms with Crippen LogP contribution in [0.2, 0.25) is 0 Å². The topological polar surface area (TPSA) is 75.1 Å². The number of aryl methyl sites for hydroxylation is 2. The summed E-state index contributed by atoms with van der Waals surface area (Å²) in [6.07, 6.45) is 4.05. The first-order valence-electron chi connectivity index (χ1n) is 11.6. The number of fused-ring (bicyclic) bond motifs is 5. The van der Waals surface area contributed by atoms with E-state index >= 15 is 0 Å². The quantitative estimate of drug-likeness (QED) is 0.449. The summed E-state index contributed by atoms with van der Waals surface area (Å²) in [5.41, 5.74) is 3.56. The molecule has 0 atom stereocenters. The van der Waals surface area contributed by atoms with Crippen LogP contribution < -0.4 is 9.64 Å². The maximum Gasteiger partial charge on any atom is 0.310 e. The first kappa shape index (κ1) is 20.9. The average molecular weight is 437 g/mol. The van der Waals surface area contributed by atoms with Crippen molar-refractivity contribution in [1.82, 2.24) is 18.9 Å². The lowest BCUT2D eigenvalue weighted by Gasteiger charge is -2.23. The van der Waals surface area contributed by atoms with E-state index in [1.807, 2.05) is 24.4 Å². The summed E-state index contributed by atoms with van der Waals surface area (Å²) in [4.78, 5) is 23.7. The smallest absolute Gasteiger partial charge is 0.310 e. The highest BCUT2D eigenvalue weighted by Crippen LogP contribution is 2.33. The zero-order chi connectivity index (χ0) is 22.1. The van der Waals surface area contributed by atoms with Gasteiger partial charge in [-0.05, 0) is 12.1 Å². The van der Waals surface area contributed by atoms with Crippen LogP contribution >= 0.6 is 0 Å². The molecule has 8 heteroatoms. The first-order chi connectivity index (χ1) is 15.7. The molecule has 0 saturated carbocycles. The third-order valence-electron chi connectivity index (χ3n) is 6.25. The molecule has 0 spiro atoms. The molecule has 168 valence electrons. The van der Waals surface area contributed by atoms with E-state index in [1.165, 1.54) is 0 Å². The van der Waals surface area contributed by atoms with Crippen molar-refractivity contribution < 1.29 is 19.2 Å². The second kappa shape index (κ2) is 8.88. The second-order valence-electron chi connectivity index (χ2n) is 8.32. The van der Waals surface area contributed by atoms with Crippen LogP contribution in [0.25, 0.3) is 27.7 Å². The fourth-order valence-corrected chi connectivity index (χ4v) is 4.57. The summed E-state index contributed by atoms with van der Waals surface area (Å²) in [6.45, 7) is 9.61. The molecule has 0 aliphatic carbocycles. The second-order valence-corrected chi connectivity index (χ2v) is 8.32. The first-order valence-corrected chi connectivity index (χ1v) is 11.6. The Morgan fingerprint density at radius 1 is 1.16 bits per heavy atom. The Kier molecular flexibility index (Phi) is 5.80. The third kappa shape index (κ3) is 3.73. The number of hydrogen-bond donors (Lipinski definition) is 1. The van der Waals surface area contributed by atoms with Gasteiger partial charge in [0.05, 0.1) is 30.8 Å². The van der Waals surface area contributed by atoms with E-state index in [1.54, 1.807) is 11.8 Å². The highest BCUT2D eigenvalue weighted by atomic mass is 16.5. The fourth-order valence-electron chi connectivity index (χ4n) is 4.57. The molecule has 0 unspecified atom stereocenters. The number of aromatic nitrogens is 4. The van der Waals surface area contributed by atoms with Gasteiger partial charge < -0.3 is 18.9 Å². The van der Waals surface area contributed by atoms with Gasteiger partial charge in [-0.1, -0.05) is 26.0 Å². The summed E-state index contributed by atoms with van der Waals surface area (Å²) < 4.78 is 15.5. The van der Waals surface area contributed by atoms with E-state index in [9.17, 15) is 4.79 Å². The Bertz CT molecular complexity index is 1270. The van der Waals surface area contributed by atoms with Crippen molar-refractivity contribution in [3.63, 3.8) is 0 Å². The molecule has 3 aromatic heterocycles. The largest absolute Gasteiger partial charge is 0.424 e. The Labute approximate surface area is 186 Å². The van der Waals surface area contributed by atoms with Gasteiger partial charge in [-0.2, -0.15) is 0 Å². The molecular formula is C24H30N5O3+. The molecule has 4 heterocycles. The molecule has 1 N–H and O–H groups in total. The number of nitrogens with zero attached hydrogens (tertiary/aromatic N) is 4. The molecule has 1 aliphatic rings. The number of para-hydroxylation sites is 2. The minimum Gasteiger partial charge on any atom is -0.424 e. The normalized spacial score (nSPS) is 15.2. The highest BCUT2D eigenvalue weighted by Gasteiger charge is 2.22. The van der Waals surface area contributed by atoms with Gasteiger partial charge >= 0.3 is 5.97 Å². The lowest BCUT2D eigenvalue weighted by atomic mass is 10.3. The standard InChI is InChI=1S/C24H29N5O3/c1-3-20-26-23-22(24-25-17-8-5-6-9-18(17)29(20)24)19(32-21(30)4-2)16-28(23)11-7-10-27-12-14-31-15-13-27/h5-6,8-9,16H,3-4,7,10-15H2,1-2H3/p+1. The number of quaternary nitrogens is 1. The SMILES string of the molecule is CCC(=O)Oc1cn(CCC[NH+]2CCOCC2)c2nc(CC)n3c4ccccc4nc3c12. The third-order valence-corrected chi connectivity index (χ3v) is 6.25. The summed E-state index contributed by atoms with van der Waals surface area (Å²) in [5.74, 6) is 1.24. The fraction of sp³-hybridized carbons (Fsp3) is 0.458. The molecule has 1 fully saturated rings. The number of nitrogens with one attached hydrogen (secondary N) is 1. The molecule has 0 bridgehead atoms. The van der Waals surface area contributed by atoms with Crippen LogP contribution in [0.5, 0.6) is 5.75 Å². The van der Waals surface area contributed by atoms with Gasteiger partial charge in [0.2, 0.25) is 0 Å². The molecular weight excluding hydrogens is 406 g/mol. The zero-order valence-electron chi connectivity index (χ0n) is 18.8. The van der Waals surface area contributed by atoms with Crippen LogP contribution in [0, 0.1) is 0 Å². The van der Waals surface area contributed by atoms with Gasteiger partial charge in [-0.25, -0.2) is 9.97 Å². The van der Waals surface area contributed by atoms with Crippen LogP contribution in [0.3, 0.4) is 0 Å². The maximum absolute atomic E-state index is 12.2. The molecule has 1 saturated heterocycles. The van der Waals surface area contributed by atoms with Crippen LogP contribution in [0.1, 0.15) is 32.5 Å². The number of carbonyl (C=O) groups excluding carboxylic acids is 1. The van der Waals surface area contributed by atoms with Crippen molar-refractivity contribution in [3.8, 4) is 5.75 Å². The lowest BCUT2D eigenvalue weighted by molar-refractivity contribution is -0.908. The van der Waals surface area contributed by atoms with Crippen molar-refractivity contribution in [2.75, 3.05) is 32.8 Å². The lowest BCUT2D eigenvalue weighted by Crippen LogP contribution is -3.14. The average Bonchev–Trinajstić information content (AvgIpc) is 3.37. The Morgan fingerprint density at radius 2 is 1.97 bits per heavy atom. The molecule has 0 amide bonds. The molecule has 4 aromatic rings. The van der Waals surface area contributed by atoms with Crippen LogP contribution in [-0.4, -0.2) is 57.8 Å². The van der Waals surface area contributed by atoms with Crippen molar-refractivity contribution in [3.05, 3.63) is 36.3 Å². The molecule has 8 nitrogen and oxygen atoms in total. The summed E-state index contributed by atoms with van der Waals surface area (Å²) in [6, 6.07) is 8.06. The monoisotopic (exact) mass is 436 g/mol. The molecule has 32 heavy (non-hydrogen) atoms. The zero-order valence-corrected chi connectivity index (χ0v) is 18.8. The van der Waals surface area contributed by atoms with E-state index in [4.69, 9.17) is 19.4 Å². The predicted octanol–water partition coefficient (Wildman–Crippen LogP) is 2.02. The van der Waals surface area contributed by atoms with Crippen molar-refractivity contribution >= 4 is 33.7 Å². The van der Waals surface area contributed by atoms with Gasteiger partial charge in [-0.15, -0.1) is 0 Å². The molecule has 0 radical (unpaired) electrons. The maximum atomic E-state index is 12.2. The van der Waals surface area contributed by atoms with E-state index in [-0.39, 0.29) is 5.97 Å². The Morgan fingerprint density at radius 3 is 2.75 bits per heavy atom. The van der Waals surface area contributed by atoms with E-state index < -0.39 is 0 Å². The van der Waals surface area contributed by atoms with Crippen molar-refractivity contribution in [1.29, 1.82) is 0 Å². The number of rotatable bonds is 7. The van der Waals surface area contributed by atoms with Gasteiger partial charge in [0.25, 0.3) is 0 Å². The van der Waals surface area contributed by atoms with Gasteiger partial charge in [0, 0.05) is 32.0 Å². The van der Waals surface area contributed by atoms with Crippen LogP contribution in [-0.2, 0) is 22.5 Å². The van der Waals surface area contributed by atoms with Gasteiger partial charge in [0.15, 0.2) is 11.4 Å². The predicted molar refractivity (Wildman–Crippen MR) is 122 cm³/mol. The Balaban J connectivity index is 1.60. The summed E-state index contributed by atoms with van der Waals surface area (Å²) >= 11 is 0. The number of esters is 1. The molecule has 5 rings (SSSR count). The van der Waals surface area contributed by atoms with Gasteiger partial charge in [-0.3, -0.25) is 9.20 Å². The molecule has 1 aliphatic heterocycles. The number of benzene rings is 1. The van der Waals surface area contributed by atoms with Crippen molar-refractivity contribution in [2.45, 2.75) is 39.7 Å².